The fourth-order valence-corrected chi connectivity index (χ4v) is 9.69. The first-order valence-corrected chi connectivity index (χ1v) is 13.5. The quantitative estimate of drug-likeness (QED) is 0.486. The summed E-state index contributed by atoms with van der Waals surface area (Å²) < 4.78 is 0. The van der Waals surface area contributed by atoms with Crippen LogP contribution in [0.15, 0.2) is 0 Å². The van der Waals surface area contributed by atoms with Crippen LogP contribution in [0, 0.1) is 58.2 Å². The highest BCUT2D eigenvalue weighted by Gasteiger charge is 2.60. The number of carboxylic acid groups (broad SMARTS) is 1. The number of hydrogen-bond donors (Lipinski definition) is 2. The Labute approximate surface area is 190 Å². The molecular formula is C28H48O3. The Balaban J connectivity index is 1.46. The van der Waals surface area contributed by atoms with Crippen molar-refractivity contribution < 1.29 is 15.0 Å². The Morgan fingerprint density at radius 3 is 2.26 bits per heavy atom. The molecule has 0 bridgehead atoms. The molecule has 3 nitrogen and oxygen atoms in total. The summed E-state index contributed by atoms with van der Waals surface area (Å²) >= 11 is 0. The Hall–Kier alpha value is -0.570. The van der Waals surface area contributed by atoms with E-state index in [9.17, 15) is 15.0 Å². The van der Waals surface area contributed by atoms with Crippen molar-refractivity contribution in [1.29, 1.82) is 0 Å². The van der Waals surface area contributed by atoms with Crippen molar-refractivity contribution in [3.05, 3.63) is 0 Å². The molecule has 178 valence electrons. The molecule has 4 aliphatic carbocycles. The van der Waals surface area contributed by atoms with Gasteiger partial charge in [0.05, 0.1) is 12.0 Å². The molecule has 0 aromatic carbocycles. The normalized spacial score (nSPS) is 46.7. The van der Waals surface area contributed by atoms with Gasteiger partial charge in [0.2, 0.25) is 0 Å². The van der Waals surface area contributed by atoms with Gasteiger partial charge in [-0.2, -0.15) is 0 Å². The van der Waals surface area contributed by atoms with Crippen LogP contribution in [0.1, 0.15) is 105 Å². The molecule has 0 aromatic heterocycles. The minimum absolute atomic E-state index is 0.0761. The lowest BCUT2D eigenvalue weighted by Gasteiger charge is -2.61. The number of aliphatic hydroxyl groups excluding tert-OH is 1. The molecule has 0 aliphatic heterocycles. The van der Waals surface area contributed by atoms with Crippen molar-refractivity contribution >= 4 is 5.97 Å². The first-order valence-electron chi connectivity index (χ1n) is 13.5. The van der Waals surface area contributed by atoms with Gasteiger partial charge in [0.15, 0.2) is 0 Å². The van der Waals surface area contributed by atoms with Gasteiger partial charge in [-0.3, -0.25) is 4.79 Å². The maximum absolute atomic E-state index is 11.7. The fourth-order valence-electron chi connectivity index (χ4n) is 9.69. The largest absolute Gasteiger partial charge is 0.481 e. The third-order valence-corrected chi connectivity index (χ3v) is 11.4. The monoisotopic (exact) mass is 432 g/mol. The molecule has 0 radical (unpaired) electrons. The summed E-state index contributed by atoms with van der Waals surface area (Å²) in [6.45, 7) is 11.7. The van der Waals surface area contributed by atoms with Gasteiger partial charge in [0.25, 0.3) is 0 Å². The third kappa shape index (κ3) is 4.00. The molecule has 0 amide bonds. The predicted molar refractivity (Wildman–Crippen MR) is 126 cm³/mol. The maximum atomic E-state index is 11.7. The van der Waals surface area contributed by atoms with E-state index in [1.165, 1.54) is 44.9 Å². The number of carboxylic acids is 1. The topological polar surface area (TPSA) is 57.5 Å². The van der Waals surface area contributed by atoms with Gasteiger partial charge in [0.1, 0.15) is 0 Å². The first kappa shape index (κ1) is 23.6. The molecule has 4 rings (SSSR count). The lowest BCUT2D eigenvalue weighted by molar-refractivity contribution is -0.143. The SMILES string of the molecule is CC(C)C(CC[C@@H](C)[C@H]1CC[C@H]2[C@@H]3CC[C@H]4CCC(O)C[C@]4(C)[C@H]3CC[C@]12C)C(=O)O. The lowest BCUT2D eigenvalue weighted by Crippen LogP contribution is -2.54. The molecule has 0 spiro atoms. The molecule has 10 atom stereocenters. The van der Waals surface area contributed by atoms with Crippen molar-refractivity contribution in [3.63, 3.8) is 0 Å². The van der Waals surface area contributed by atoms with Gasteiger partial charge in [-0.05, 0) is 123 Å². The third-order valence-electron chi connectivity index (χ3n) is 11.4. The Bertz CT molecular complexity index is 659. The molecule has 2 N–H and O–H groups in total. The zero-order chi connectivity index (χ0) is 22.6. The van der Waals surface area contributed by atoms with E-state index in [0.29, 0.717) is 16.7 Å². The summed E-state index contributed by atoms with van der Waals surface area (Å²) in [7, 11) is 0. The van der Waals surface area contributed by atoms with Gasteiger partial charge in [-0.15, -0.1) is 0 Å². The van der Waals surface area contributed by atoms with E-state index in [1.54, 1.807) is 0 Å². The zero-order valence-corrected chi connectivity index (χ0v) is 20.8. The zero-order valence-electron chi connectivity index (χ0n) is 20.8. The molecule has 4 fully saturated rings. The van der Waals surface area contributed by atoms with Gasteiger partial charge in [-0.1, -0.05) is 34.6 Å². The van der Waals surface area contributed by atoms with Crippen LogP contribution in [0.3, 0.4) is 0 Å². The minimum atomic E-state index is -0.613. The van der Waals surface area contributed by atoms with Crippen LogP contribution in [0.5, 0.6) is 0 Å². The highest BCUT2D eigenvalue weighted by molar-refractivity contribution is 5.70. The van der Waals surface area contributed by atoms with Gasteiger partial charge >= 0.3 is 5.97 Å². The number of hydrogen-bond acceptors (Lipinski definition) is 2. The molecule has 0 aromatic rings. The standard InChI is InChI=1S/C28H48O3/c1-17(2)21(26(30)31)10-6-18(3)23-12-13-24-22-11-8-19-7-9-20(29)16-28(19,5)25(22)14-15-27(23,24)4/h17-25,29H,6-16H2,1-5H3,(H,30,31)/t18-,19-,20?,21?,22+,23-,24+,25+,27-,28+/m1/s1. The summed E-state index contributed by atoms with van der Waals surface area (Å²) in [5.74, 6) is 4.12. The van der Waals surface area contributed by atoms with Gasteiger partial charge < -0.3 is 10.2 Å². The summed E-state index contributed by atoms with van der Waals surface area (Å²) in [5, 5.41) is 20.1. The molecule has 4 saturated carbocycles. The van der Waals surface area contributed by atoms with Gasteiger partial charge in [-0.25, -0.2) is 0 Å². The van der Waals surface area contributed by atoms with E-state index in [1.807, 2.05) is 0 Å². The minimum Gasteiger partial charge on any atom is -0.481 e. The van der Waals surface area contributed by atoms with E-state index in [-0.39, 0.29) is 17.9 Å². The molecule has 0 saturated heterocycles. The van der Waals surface area contributed by atoms with Gasteiger partial charge in [0, 0.05) is 0 Å². The lowest BCUT2D eigenvalue weighted by atomic mass is 9.44. The molecule has 2 unspecified atom stereocenters. The van der Waals surface area contributed by atoms with Crippen LogP contribution in [0.2, 0.25) is 0 Å². The Morgan fingerprint density at radius 1 is 0.903 bits per heavy atom. The van der Waals surface area contributed by atoms with Crippen molar-refractivity contribution in [2.45, 2.75) is 111 Å². The summed E-state index contributed by atoms with van der Waals surface area (Å²) in [4.78, 5) is 11.7. The second kappa shape index (κ2) is 8.65. The van der Waals surface area contributed by atoms with E-state index < -0.39 is 5.97 Å². The smallest absolute Gasteiger partial charge is 0.306 e. The van der Waals surface area contributed by atoms with Crippen LogP contribution < -0.4 is 0 Å². The Morgan fingerprint density at radius 2 is 1.58 bits per heavy atom. The van der Waals surface area contributed by atoms with E-state index in [0.717, 1.165) is 55.3 Å². The van der Waals surface area contributed by atoms with Crippen molar-refractivity contribution in [2.75, 3.05) is 0 Å². The van der Waals surface area contributed by atoms with Crippen molar-refractivity contribution in [3.8, 4) is 0 Å². The summed E-state index contributed by atoms with van der Waals surface area (Å²) in [6, 6.07) is 0. The van der Waals surface area contributed by atoms with Crippen molar-refractivity contribution in [1.82, 2.24) is 0 Å². The molecule has 4 aliphatic rings. The number of aliphatic carboxylic acids is 1. The number of rotatable bonds is 6. The molecule has 0 heterocycles. The number of fused-ring (bicyclic) bond motifs is 5. The average Bonchev–Trinajstić information content (AvgIpc) is 3.04. The van der Waals surface area contributed by atoms with Crippen LogP contribution in [-0.4, -0.2) is 22.3 Å². The van der Waals surface area contributed by atoms with Crippen LogP contribution in [0.4, 0.5) is 0 Å². The molecule has 31 heavy (non-hydrogen) atoms. The maximum Gasteiger partial charge on any atom is 0.306 e. The second-order valence-electron chi connectivity index (χ2n) is 13.1. The summed E-state index contributed by atoms with van der Waals surface area (Å²) in [6.07, 6.45) is 13.3. The average molecular weight is 433 g/mol. The van der Waals surface area contributed by atoms with E-state index in [4.69, 9.17) is 0 Å². The summed E-state index contributed by atoms with van der Waals surface area (Å²) in [5.41, 5.74) is 0.797. The van der Waals surface area contributed by atoms with Crippen LogP contribution >= 0.6 is 0 Å². The van der Waals surface area contributed by atoms with Crippen molar-refractivity contribution in [2.24, 2.45) is 58.2 Å². The highest BCUT2D eigenvalue weighted by Crippen LogP contribution is 2.68. The second-order valence-corrected chi connectivity index (χ2v) is 13.1. The predicted octanol–water partition coefficient (Wildman–Crippen LogP) is 6.78. The molecule has 3 heteroatoms. The molecular weight excluding hydrogens is 384 g/mol. The van der Waals surface area contributed by atoms with Crippen LogP contribution in [-0.2, 0) is 4.79 Å². The van der Waals surface area contributed by atoms with E-state index in [2.05, 4.69) is 34.6 Å². The number of aliphatic hydroxyl groups is 1. The Kier molecular flexibility index (Phi) is 6.58. The first-order chi connectivity index (χ1) is 14.6. The highest BCUT2D eigenvalue weighted by atomic mass is 16.4. The van der Waals surface area contributed by atoms with Crippen LogP contribution in [0.25, 0.3) is 0 Å². The fraction of sp³-hybridized carbons (Fsp3) is 0.964. The van der Waals surface area contributed by atoms with E-state index >= 15 is 0 Å². The number of carbonyl (C=O) groups is 1.